The Hall–Kier alpha value is -1.61. The Balaban J connectivity index is 1.62. The van der Waals surface area contributed by atoms with E-state index >= 15 is 0 Å². The van der Waals surface area contributed by atoms with Crippen LogP contribution in [0.5, 0.6) is 11.5 Å². The third-order valence-electron chi connectivity index (χ3n) is 4.77. The summed E-state index contributed by atoms with van der Waals surface area (Å²) in [7, 11) is 1.61. The molecule has 0 spiro atoms. The summed E-state index contributed by atoms with van der Waals surface area (Å²) in [5, 5.41) is 0. The minimum atomic E-state index is -0.0140. The van der Waals surface area contributed by atoms with Gasteiger partial charge in [-0.15, -0.1) is 0 Å². The topological polar surface area (TPSA) is 52.4 Å². The number of nitrogens with zero attached hydrogens (tertiary/aromatic N) is 1. The molecule has 152 valence electrons. The van der Waals surface area contributed by atoms with Crippen LogP contribution >= 0.6 is 24.0 Å². The fourth-order valence-corrected chi connectivity index (χ4v) is 4.60. The molecule has 0 aromatic heterocycles. The number of ether oxygens (including phenoxy) is 3. The molecule has 0 saturated carbocycles. The number of nitrogens with one attached hydrogen (secondary N) is 1. The lowest BCUT2D eigenvalue weighted by atomic mass is 10.2. The highest BCUT2D eigenvalue weighted by molar-refractivity contribution is 8.26. The zero-order chi connectivity index (χ0) is 19.9. The summed E-state index contributed by atoms with van der Waals surface area (Å²) in [6.07, 6.45) is 2.80. The van der Waals surface area contributed by atoms with Crippen molar-refractivity contribution in [2.45, 2.75) is 13.3 Å². The summed E-state index contributed by atoms with van der Waals surface area (Å²) in [4.78, 5) is 16.7. The lowest BCUT2D eigenvalue weighted by Crippen LogP contribution is -3.14. The average molecular weight is 424 g/mol. The van der Waals surface area contributed by atoms with Gasteiger partial charge in [-0.3, -0.25) is 9.69 Å². The molecule has 6 nitrogen and oxygen atoms in total. The second-order valence-electron chi connectivity index (χ2n) is 6.64. The molecule has 3 rings (SSSR count). The fraction of sp³-hybridized carbons (Fsp3) is 0.500. The van der Waals surface area contributed by atoms with Crippen LogP contribution in [0.2, 0.25) is 0 Å². The monoisotopic (exact) mass is 423 g/mol. The Bertz CT molecular complexity index is 748. The summed E-state index contributed by atoms with van der Waals surface area (Å²) in [5.74, 6) is 1.33. The molecular formula is C20H27N2O4S2+. The summed E-state index contributed by atoms with van der Waals surface area (Å²) in [6.45, 7) is 7.93. The van der Waals surface area contributed by atoms with Gasteiger partial charge in [0.05, 0.1) is 38.4 Å². The van der Waals surface area contributed by atoms with E-state index < -0.39 is 0 Å². The first kappa shape index (κ1) is 21.1. The third-order valence-corrected chi connectivity index (χ3v) is 6.15. The minimum absolute atomic E-state index is 0.0140. The van der Waals surface area contributed by atoms with E-state index in [2.05, 4.69) is 0 Å². The molecule has 0 radical (unpaired) electrons. The van der Waals surface area contributed by atoms with Gasteiger partial charge in [0.15, 0.2) is 11.5 Å². The van der Waals surface area contributed by atoms with Gasteiger partial charge in [0, 0.05) is 13.0 Å². The molecule has 0 aliphatic carbocycles. The number of carbonyl (C=O) groups is 1. The van der Waals surface area contributed by atoms with Crippen molar-refractivity contribution in [2.24, 2.45) is 0 Å². The smallest absolute Gasteiger partial charge is 0.266 e. The van der Waals surface area contributed by atoms with Crippen molar-refractivity contribution in [2.75, 3.05) is 53.1 Å². The molecule has 0 atom stereocenters. The van der Waals surface area contributed by atoms with Crippen LogP contribution in [0.1, 0.15) is 18.9 Å². The van der Waals surface area contributed by atoms with Crippen molar-refractivity contribution in [3.63, 3.8) is 0 Å². The maximum atomic E-state index is 12.8. The summed E-state index contributed by atoms with van der Waals surface area (Å²) >= 11 is 6.80. The third kappa shape index (κ3) is 5.26. The van der Waals surface area contributed by atoms with Gasteiger partial charge in [0.1, 0.15) is 17.4 Å². The van der Waals surface area contributed by atoms with Gasteiger partial charge in [-0.1, -0.05) is 30.0 Å². The Kier molecular flexibility index (Phi) is 7.73. The first-order chi connectivity index (χ1) is 13.6. The van der Waals surface area contributed by atoms with E-state index in [0.29, 0.717) is 33.9 Å². The van der Waals surface area contributed by atoms with Crippen LogP contribution < -0.4 is 14.4 Å². The van der Waals surface area contributed by atoms with Gasteiger partial charge in [-0.05, 0) is 30.7 Å². The van der Waals surface area contributed by atoms with Crippen LogP contribution in [0.3, 0.4) is 0 Å². The van der Waals surface area contributed by atoms with E-state index in [9.17, 15) is 4.79 Å². The number of amides is 1. The first-order valence-electron chi connectivity index (χ1n) is 9.60. The Morgan fingerprint density at radius 3 is 2.82 bits per heavy atom. The summed E-state index contributed by atoms with van der Waals surface area (Å²) in [5.41, 5.74) is 0.888. The van der Waals surface area contributed by atoms with E-state index in [-0.39, 0.29) is 5.91 Å². The predicted octanol–water partition coefficient (Wildman–Crippen LogP) is 1.60. The number of hydrogen-bond donors (Lipinski definition) is 1. The second kappa shape index (κ2) is 10.2. The van der Waals surface area contributed by atoms with E-state index in [1.807, 2.05) is 31.2 Å². The highest BCUT2D eigenvalue weighted by Gasteiger charge is 2.32. The van der Waals surface area contributed by atoms with Gasteiger partial charge in [0.2, 0.25) is 0 Å². The molecule has 1 aromatic carbocycles. The number of hydrogen-bond acceptors (Lipinski definition) is 6. The second-order valence-corrected chi connectivity index (χ2v) is 8.32. The summed E-state index contributed by atoms with van der Waals surface area (Å²) < 4.78 is 17.0. The molecule has 1 N–H and O–H groups in total. The number of morpholine rings is 1. The van der Waals surface area contributed by atoms with Gasteiger partial charge in [0.25, 0.3) is 5.91 Å². The SMILES string of the molecule is CCOc1ccc(/C=C2/SC(=S)N(CCC[NH+]3CCOCC3)C2=O)cc1OC. The molecule has 28 heavy (non-hydrogen) atoms. The number of methoxy groups -OCH3 is 1. The number of rotatable bonds is 8. The van der Waals surface area contributed by atoms with Crippen molar-refractivity contribution < 1.29 is 23.9 Å². The zero-order valence-corrected chi connectivity index (χ0v) is 18.0. The van der Waals surface area contributed by atoms with Crippen LogP contribution in [0.25, 0.3) is 6.08 Å². The number of thiocarbonyl (C=S) groups is 1. The largest absolute Gasteiger partial charge is 0.493 e. The highest BCUT2D eigenvalue weighted by Crippen LogP contribution is 2.34. The van der Waals surface area contributed by atoms with Crippen LogP contribution in [0.4, 0.5) is 0 Å². The Morgan fingerprint density at radius 2 is 2.11 bits per heavy atom. The lowest BCUT2D eigenvalue weighted by molar-refractivity contribution is -0.908. The lowest BCUT2D eigenvalue weighted by Gasteiger charge is -2.24. The molecule has 2 saturated heterocycles. The van der Waals surface area contributed by atoms with Crippen LogP contribution in [-0.4, -0.2) is 68.2 Å². The normalized spacial score (nSPS) is 19.5. The predicted molar refractivity (Wildman–Crippen MR) is 115 cm³/mol. The van der Waals surface area contributed by atoms with Crippen LogP contribution in [-0.2, 0) is 9.53 Å². The maximum Gasteiger partial charge on any atom is 0.266 e. The molecule has 1 amide bonds. The minimum Gasteiger partial charge on any atom is -0.493 e. The Morgan fingerprint density at radius 1 is 1.32 bits per heavy atom. The molecule has 0 unspecified atom stereocenters. The fourth-order valence-electron chi connectivity index (χ4n) is 3.29. The quantitative estimate of drug-likeness (QED) is 0.506. The summed E-state index contributed by atoms with van der Waals surface area (Å²) in [6, 6.07) is 5.65. The van der Waals surface area contributed by atoms with Gasteiger partial charge >= 0.3 is 0 Å². The Labute approximate surface area is 175 Å². The molecule has 1 aromatic rings. The van der Waals surface area contributed by atoms with E-state index in [1.54, 1.807) is 12.0 Å². The van der Waals surface area contributed by atoms with Crippen molar-refractivity contribution >= 4 is 40.3 Å². The number of benzene rings is 1. The van der Waals surface area contributed by atoms with Crippen molar-refractivity contribution in [3.05, 3.63) is 28.7 Å². The van der Waals surface area contributed by atoms with Crippen molar-refractivity contribution in [1.29, 1.82) is 0 Å². The zero-order valence-electron chi connectivity index (χ0n) is 16.4. The molecule has 2 aliphatic heterocycles. The number of thioether (sulfide) groups is 1. The van der Waals surface area contributed by atoms with Gasteiger partial charge in [-0.25, -0.2) is 0 Å². The molecule has 2 heterocycles. The van der Waals surface area contributed by atoms with E-state index in [4.69, 9.17) is 26.4 Å². The van der Waals surface area contributed by atoms with Gasteiger partial charge in [-0.2, -0.15) is 0 Å². The number of carbonyl (C=O) groups excluding carboxylic acids is 1. The van der Waals surface area contributed by atoms with Crippen molar-refractivity contribution in [1.82, 2.24) is 4.90 Å². The van der Waals surface area contributed by atoms with Crippen molar-refractivity contribution in [3.8, 4) is 11.5 Å². The number of quaternary nitrogens is 1. The standard InChI is InChI=1S/C20H26N2O4S2/c1-3-26-16-6-5-15(13-17(16)24-2)14-18-19(23)22(20(27)28-18)8-4-7-21-9-11-25-12-10-21/h5-6,13-14H,3-4,7-12H2,1-2H3/p+1/b18-14+. The first-order valence-corrected chi connectivity index (χ1v) is 10.8. The molecular weight excluding hydrogens is 396 g/mol. The molecule has 2 aliphatic rings. The average Bonchev–Trinajstić information content (AvgIpc) is 2.97. The van der Waals surface area contributed by atoms with Gasteiger partial charge < -0.3 is 19.1 Å². The molecule has 8 heteroatoms. The van der Waals surface area contributed by atoms with Crippen LogP contribution in [0.15, 0.2) is 23.1 Å². The van der Waals surface area contributed by atoms with Crippen LogP contribution in [0, 0.1) is 0 Å². The van der Waals surface area contributed by atoms with E-state index in [1.165, 1.54) is 16.7 Å². The highest BCUT2D eigenvalue weighted by atomic mass is 32.2. The maximum absolute atomic E-state index is 12.8. The molecule has 2 fully saturated rings. The van der Waals surface area contributed by atoms with E-state index in [0.717, 1.165) is 44.8 Å². The molecule has 0 bridgehead atoms.